The summed E-state index contributed by atoms with van der Waals surface area (Å²) in [6.45, 7) is 4.55. The van der Waals surface area contributed by atoms with E-state index in [2.05, 4.69) is 38.2 Å². The minimum Gasteiger partial charge on any atom is -0.481 e. The van der Waals surface area contributed by atoms with E-state index < -0.39 is 5.97 Å². The number of esters is 1. The summed E-state index contributed by atoms with van der Waals surface area (Å²) in [6, 6.07) is 0. The smallest absolute Gasteiger partial charge is 0.306 e. The minimum atomic E-state index is -0.702. The van der Waals surface area contributed by atoms with E-state index >= 15 is 0 Å². The topological polar surface area (TPSA) is 63.6 Å². The third-order valence-corrected chi connectivity index (χ3v) is 9.65. The van der Waals surface area contributed by atoms with Crippen LogP contribution in [0.1, 0.15) is 239 Å². The molecule has 0 fully saturated rings. The second-order valence-corrected chi connectivity index (χ2v) is 14.5. The molecule has 0 aromatic heterocycles. The number of carboxylic acids is 1. The van der Waals surface area contributed by atoms with E-state index in [1.165, 1.54) is 141 Å². The van der Waals surface area contributed by atoms with Gasteiger partial charge in [-0.15, -0.1) is 0 Å². The number of carboxylic acid groups (broad SMARTS) is 1. The van der Waals surface area contributed by atoms with Gasteiger partial charge in [-0.2, -0.15) is 0 Å². The molecule has 0 spiro atoms. The van der Waals surface area contributed by atoms with Gasteiger partial charge in [-0.25, -0.2) is 0 Å². The van der Waals surface area contributed by atoms with Crippen molar-refractivity contribution >= 4 is 11.9 Å². The number of ether oxygens (including phenoxy) is 1. The summed E-state index contributed by atoms with van der Waals surface area (Å²) in [5.74, 6) is -0.713. The molecule has 282 valence electrons. The molecule has 4 heteroatoms. The Morgan fingerprint density at radius 2 is 0.750 bits per heavy atom. The molecule has 48 heavy (non-hydrogen) atoms. The van der Waals surface area contributed by atoms with E-state index in [9.17, 15) is 9.59 Å². The zero-order valence-electron chi connectivity index (χ0n) is 32.3. The summed E-state index contributed by atoms with van der Waals surface area (Å²) < 4.78 is 6.01. The second-order valence-electron chi connectivity index (χ2n) is 14.5. The number of carbonyl (C=O) groups excluding carboxylic acids is 1. The molecule has 0 saturated heterocycles. The standard InChI is InChI=1S/C44H82O4/c1-3-5-7-9-11-13-15-17-19-21-23-25-27-30-34-38-42(39-35-31-29-32-36-40-43(45)46)48-44(47)41-37-33-28-26-24-22-20-18-16-14-12-10-8-6-4-2/h18,20-21,23,42H,3-17,19,22,24-41H2,1-2H3,(H,45,46)/b20-18-,23-21-. The van der Waals surface area contributed by atoms with Crippen molar-refractivity contribution in [2.24, 2.45) is 0 Å². The highest BCUT2D eigenvalue weighted by Crippen LogP contribution is 2.18. The first kappa shape index (κ1) is 46.4. The van der Waals surface area contributed by atoms with Gasteiger partial charge in [-0.05, 0) is 89.9 Å². The van der Waals surface area contributed by atoms with Crippen LogP contribution in [0.15, 0.2) is 24.3 Å². The monoisotopic (exact) mass is 675 g/mol. The molecule has 0 aromatic rings. The quantitative estimate of drug-likeness (QED) is 0.0400. The SMILES string of the molecule is CCCCCCCC/C=C\CCCCCCCC(=O)OC(CCCCC/C=C\CCCCCCCCCC)CCCCCCCC(=O)O. The van der Waals surface area contributed by atoms with Gasteiger partial charge < -0.3 is 9.84 Å². The Hall–Kier alpha value is -1.58. The number of carbonyl (C=O) groups is 2. The van der Waals surface area contributed by atoms with Gasteiger partial charge in [-0.3, -0.25) is 9.59 Å². The highest BCUT2D eigenvalue weighted by Gasteiger charge is 2.14. The van der Waals surface area contributed by atoms with Crippen LogP contribution in [0.5, 0.6) is 0 Å². The molecule has 0 aliphatic carbocycles. The highest BCUT2D eigenvalue weighted by atomic mass is 16.5. The molecule has 1 unspecified atom stereocenters. The molecule has 4 nitrogen and oxygen atoms in total. The summed E-state index contributed by atoms with van der Waals surface area (Å²) in [5, 5.41) is 8.83. The number of unbranched alkanes of at least 4 members (excludes halogenated alkanes) is 26. The summed E-state index contributed by atoms with van der Waals surface area (Å²) >= 11 is 0. The van der Waals surface area contributed by atoms with Gasteiger partial charge in [-0.1, -0.05) is 160 Å². The summed E-state index contributed by atoms with van der Waals surface area (Å²) in [6.07, 6.45) is 50.6. The fraction of sp³-hybridized carbons (Fsp3) is 0.864. The zero-order chi connectivity index (χ0) is 35.0. The van der Waals surface area contributed by atoms with Gasteiger partial charge in [0.05, 0.1) is 0 Å². The van der Waals surface area contributed by atoms with E-state index in [1.807, 2.05) is 0 Å². The van der Waals surface area contributed by atoms with Crippen molar-refractivity contribution in [3.05, 3.63) is 24.3 Å². The first-order valence-electron chi connectivity index (χ1n) is 21.3. The molecular weight excluding hydrogens is 592 g/mol. The van der Waals surface area contributed by atoms with Crippen LogP contribution in [0.3, 0.4) is 0 Å². The fourth-order valence-corrected chi connectivity index (χ4v) is 6.47. The van der Waals surface area contributed by atoms with Crippen LogP contribution in [-0.2, 0) is 14.3 Å². The molecule has 0 aliphatic heterocycles. The maximum Gasteiger partial charge on any atom is 0.306 e. The van der Waals surface area contributed by atoms with Crippen LogP contribution in [-0.4, -0.2) is 23.1 Å². The largest absolute Gasteiger partial charge is 0.481 e. The second kappa shape index (κ2) is 39.9. The zero-order valence-corrected chi connectivity index (χ0v) is 32.3. The molecule has 0 saturated carbocycles. The molecule has 0 bridgehead atoms. The van der Waals surface area contributed by atoms with Crippen molar-refractivity contribution in [3.63, 3.8) is 0 Å². The lowest BCUT2D eigenvalue weighted by Crippen LogP contribution is -2.18. The van der Waals surface area contributed by atoms with Crippen molar-refractivity contribution in [2.45, 2.75) is 245 Å². The van der Waals surface area contributed by atoms with Crippen LogP contribution in [0, 0.1) is 0 Å². The predicted octanol–water partition coefficient (Wildman–Crippen LogP) is 14.8. The van der Waals surface area contributed by atoms with Gasteiger partial charge in [0.15, 0.2) is 0 Å². The number of allylic oxidation sites excluding steroid dienone is 4. The van der Waals surface area contributed by atoms with Gasteiger partial charge in [0.25, 0.3) is 0 Å². The normalized spacial score (nSPS) is 12.4. The summed E-state index contributed by atoms with van der Waals surface area (Å²) in [7, 11) is 0. The first-order valence-corrected chi connectivity index (χ1v) is 21.3. The van der Waals surface area contributed by atoms with Crippen LogP contribution >= 0.6 is 0 Å². The molecule has 1 N–H and O–H groups in total. The van der Waals surface area contributed by atoms with E-state index in [0.29, 0.717) is 6.42 Å². The third kappa shape index (κ3) is 38.9. The molecule has 0 heterocycles. The van der Waals surface area contributed by atoms with Crippen molar-refractivity contribution in [1.29, 1.82) is 0 Å². The first-order chi connectivity index (χ1) is 23.6. The molecule has 0 amide bonds. The van der Waals surface area contributed by atoms with E-state index in [1.54, 1.807) is 0 Å². The Balaban J connectivity index is 4.06. The minimum absolute atomic E-state index is 0.0111. The number of hydrogen-bond acceptors (Lipinski definition) is 3. The summed E-state index contributed by atoms with van der Waals surface area (Å²) in [4.78, 5) is 23.4. The number of hydrogen-bond donors (Lipinski definition) is 1. The van der Waals surface area contributed by atoms with Crippen LogP contribution < -0.4 is 0 Å². The van der Waals surface area contributed by atoms with E-state index in [0.717, 1.165) is 70.6 Å². The van der Waals surface area contributed by atoms with Gasteiger partial charge in [0.2, 0.25) is 0 Å². The van der Waals surface area contributed by atoms with Crippen LogP contribution in [0.2, 0.25) is 0 Å². The van der Waals surface area contributed by atoms with E-state index in [4.69, 9.17) is 9.84 Å². The Bertz CT molecular complexity index is 727. The van der Waals surface area contributed by atoms with Crippen molar-refractivity contribution < 1.29 is 19.4 Å². The number of aliphatic carboxylic acids is 1. The Kier molecular flexibility index (Phi) is 38.5. The van der Waals surface area contributed by atoms with E-state index in [-0.39, 0.29) is 18.5 Å². The third-order valence-electron chi connectivity index (χ3n) is 9.65. The maximum absolute atomic E-state index is 12.7. The molecule has 0 radical (unpaired) electrons. The van der Waals surface area contributed by atoms with Crippen molar-refractivity contribution in [1.82, 2.24) is 0 Å². The van der Waals surface area contributed by atoms with Crippen molar-refractivity contribution in [3.8, 4) is 0 Å². The maximum atomic E-state index is 12.7. The molecular formula is C44H82O4. The Morgan fingerprint density at radius 3 is 1.15 bits per heavy atom. The van der Waals surface area contributed by atoms with Crippen molar-refractivity contribution in [2.75, 3.05) is 0 Å². The molecule has 0 aromatic carbocycles. The van der Waals surface area contributed by atoms with Gasteiger partial charge >= 0.3 is 11.9 Å². The Labute approximate surface area is 299 Å². The summed E-state index contributed by atoms with van der Waals surface area (Å²) in [5.41, 5.74) is 0. The van der Waals surface area contributed by atoms with Crippen LogP contribution in [0.25, 0.3) is 0 Å². The van der Waals surface area contributed by atoms with Crippen LogP contribution in [0.4, 0.5) is 0 Å². The lowest BCUT2D eigenvalue weighted by atomic mass is 10.0. The lowest BCUT2D eigenvalue weighted by Gasteiger charge is -2.18. The van der Waals surface area contributed by atoms with Gasteiger partial charge in [0.1, 0.15) is 6.10 Å². The Morgan fingerprint density at radius 1 is 0.438 bits per heavy atom. The predicted molar refractivity (Wildman–Crippen MR) is 209 cm³/mol. The lowest BCUT2D eigenvalue weighted by molar-refractivity contribution is -0.150. The van der Waals surface area contributed by atoms with Gasteiger partial charge in [0, 0.05) is 12.8 Å². The highest BCUT2D eigenvalue weighted by molar-refractivity contribution is 5.69. The molecule has 1 atom stereocenters. The molecule has 0 rings (SSSR count). The average molecular weight is 675 g/mol. The fourth-order valence-electron chi connectivity index (χ4n) is 6.47. The molecule has 0 aliphatic rings. The average Bonchev–Trinajstić information content (AvgIpc) is 3.07. The number of rotatable bonds is 39.